The number of rotatable bonds is 8. The van der Waals surface area contributed by atoms with E-state index in [1.54, 1.807) is 48.5 Å². The van der Waals surface area contributed by atoms with Crippen LogP contribution in [0.3, 0.4) is 0 Å². The molecule has 0 unspecified atom stereocenters. The van der Waals surface area contributed by atoms with Gasteiger partial charge in [-0.05, 0) is 25.0 Å². The van der Waals surface area contributed by atoms with Crippen LogP contribution in [-0.2, 0) is 15.1 Å². The van der Waals surface area contributed by atoms with Crippen molar-refractivity contribution in [1.82, 2.24) is 0 Å². The Kier molecular flexibility index (Phi) is 6.31. The molecule has 0 amide bonds. The van der Waals surface area contributed by atoms with E-state index < -0.39 is 16.2 Å². The van der Waals surface area contributed by atoms with Gasteiger partial charge in [-0.3, -0.25) is 0 Å². The minimum absolute atomic E-state index is 0.0357. The van der Waals surface area contributed by atoms with Crippen LogP contribution in [-0.4, -0.2) is 42.0 Å². The van der Waals surface area contributed by atoms with Crippen LogP contribution in [0.1, 0.15) is 25.0 Å². The monoisotopic (exact) mass is 343 g/mol. The summed E-state index contributed by atoms with van der Waals surface area (Å²) < 4.78 is 4.88. The molecule has 1 N–H and O–H groups in total. The number of quaternary nitrogens is 1. The van der Waals surface area contributed by atoms with Crippen molar-refractivity contribution in [2.75, 3.05) is 26.2 Å². The van der Waals surface area contributed by atoms with Gasteiger partial charge in [-0.2, -0.15) is 0 Å². The molecule has 134 valence electrons. The van der Waals surface area contributed by atoms with Crippen LogP contribution >= 0.6 is 0 Å². The van der Waals surface area contributed by atoms with Gasteiger partial charge in [-0.1, -0.05) is 60.7 Å². The maximum Gasteiger partial charge on any atom is 0.347 e. The van der Waals surface area contributed by atoms with Gasteiger partial charge in [-0.25, -0.2) is 4.79 Å². The Bertz CT molecular complexity index is 629. The molecule has 5 heteroatoms. The maximum atomic E-state index is 12.7. The number of hydrogen-bond acceptors (Lipinski definition) is 4. The van der Waals surface area contributed by atoms with E-state index in [2.05, 4.69) is 0 Å². The summed E-state index contributed by atoms with van der Waals surface area (Å²) in [6.45, 7) is 4.57. The first kappa shape index (κ1) is 19.1. The van der Waals surface area contributed by atoms with Crippen molar-refractivity contribution in [3.63, 3.8) is 0 Å². The lowest BCUT2D eigenvalue weighted by molar-refractivity contribution is -0.877. The zero-order valence-corrected chi connectivity index (χ0v) is 14.7. The molecule has 0 aromatic heterocycles. The highest BCUT2D eigenvalue weighted by atomic mass is 16.6. The van der Waals surface area contributed by atoms with Gasteiger partial charge >= 0.3 is 5.97 Å². The van der Waals surface area contributed by atoms with Crippen molar-refractivity contribution in [2.24, 2.45) is 0 Å². The highest BCUT2D eigenvalue weighted by Gasteiger charge is 2.41. The molecule has 0 heterocycles. The molecule has 0 spiro atoms. The Balaban J connectivity index is 2.23. The minimum Gasteiger partial charge on any atom is -0.633 e. The third kappa shape index (κ3) is 4.25. The molecular weight excluding hydrogens is 318 g/mol. The fraction of sp³-hybridized carbons (Fsp3) is 0.350. The second-order valence-corrected chi connectivity index (χ2v) is 5.99. The van der Waals surface area contributed by atoms with Gasteiger partial charge in [0, 0.05) is 0 Å². The molecular formula is C20H25NO4. The van der Waals surface area contributed by atoms with Crippen LogP contribution in [0.25, 0.3) is 0 Å². The predicted molar refractivity (Wildman–Crippen MR) is 96.4 cm³/mol. The Morgan fingerprint density at radius 3 is 1.84 bits per heavy atom. The average molecular weight is 343 g/mol. The Morgan fingerprint density at radius 1 is 1.00 bits per heavy atom. The largest absolute Gasteiger partial charge is 0.633 e. The number of hydrogen-bond donors (Lipinski definition) is 1. The standard InChI is InChI=1S/C20H25NO4/c1-3-21(24,4-2)15-16-25-19(22)20(23,17-11-7-5-8-12-17)18-13-9-6-10-14-18/h5-14,23H,3-4,15-16H2,1-2H3. The molecule has 0 saturated heterocycles. The second-order valence-electron chi connectivity index (χ2n) is 5.99. The predicted octanol–water partition coefficient (Wildman–Crippen LogP) is 2.82. The van der Waals surface area contributed by atoms with Crippen molar-refractivity contribution < 1.29 is 19.3 Å². The van der Waals surface area contributed by atoms with Crippen LogP contribution in [0, 0.1) is 5.21 Å². The number of esters is 1. The molecule has 0 fully saturated rings. The number of ether oxygens (including phenoxy) is 1. The molecule has 0 atom stereocenters. The normalized spacial score (nSPS) is 12.0. The third-order valence-corrected chi connectivity index (χ3v) is 4.56. The molecule has 2 rings (SSSR count). The number of likely N-dealkylation sites (N-methyl/N-ethyl adjacent to an activating group) is 1. The summed E-state index contributed by atoms with van der Waals surface area (Å²) in [5, 5.41) is 23.5. The van der Waals surface area contributed by atoms with Gasteiger partial charge in [0.1, 0.15) is 13.2 Å². The summed E-state index contributed by atoms with van der Waals surface area (Å²) in [5.41, 5.74) is -1.04. The van der Waals surface area contributed by atoms with Crippen molar-refractivity contribution in [3.8, 4) is 0 Å². The topological polar surface area (TPSA) is 69.6 Å². The number of hydroxylamine groups is 3. The van der Waals surface area contributed by atoms with E-state index in [1.165, 1.54) is 0 Å². The first-order valence-corrected chi connectivity index (χ1v) is 8.54. The zero-order valence-electron chi connectivity index (χ0n) is 14.7. The lowest BCUT2D eigenvalue weighted by atomic mass is 9.86. The number of carbonyl (C=O) groups excluding carboxylic acids is 1. The van der Waals surface area contributed by atoms with E-state index in [4.69, 9.17) is 4.74 Å². The Hall–Kier alpha value is -2.21. The fourth-order valence-corrected chi connectivity index (χ4v) is 2.71. The number of aliphatic hydroxyl groups is 1. The van der Waals surface area contributed by atoms with Gasteiger partial charge in [0.2, 0.25) is 5.60 Å². The van der Waals surface area contributed by atoms with E-state index in [9.17, 15) is 15.1 Å². The molecule has 0 aliphatic heterocycles. The highest BCUT2D eigenvalue weighted by Crippen LogP contribution is 2.31. The fourth-order valence-electron chi connectivity index (χ4n) is 2.71. The lowest BCUT2D eigenvalue weighted by Crippen LogP contribution is -2.45. The van der Waals surface area contributed by atoms with Crippen LogP contribution in [0.2, 0.25) is 0 Å². The zero-order chi connectivity index (χ0) is 18.3. The number of nitrogens with zero attached hydrogens (tertiary/aromatic N) is 1. The summed E-state index contributed by atoms with van der Waals surface area (Å²) in [4.78, 5) is 12.7. The Labute approximate surface area is 148 Å². The average Bonchev–Trinajstić information content (AvgIpc) is 2.68. The van der Waals surface area contributed by atoms with Crippen LogP contribution in [0.15, 0.2) is 60.7 Å². The molecule has 2 aromatic carbocycles. The van der Waals surface area contributed by atoms with Gasteiger partial charge in [0.05, 0.1) is 13.1 Å². The van der Waals surface area contributed by atoms with E-state index in [0.717, 1.165) is 0 Å². The molecule has 0 saturated carbocycles. The third-order valence-electron chi connectivity index (χ3n) is 4.56. The van der Waals surface area contributed by atoms with E-state index in [0.29, 0.717) is 24.2 Å². The second kappa shape index (κ2) is 8.25. The SMILES string of the molecule is CC[N+]([O-])(CC)CCOC(=O)C(O)(c1ccccc1)c1ccccc1. The molecule has 2 aromatic rings. The molecule has 0 radical (unpaired) electrons. The van der Waals surface area contributed by atoms with Gasteiger partial charge in [-0.15, -0.1) is 0 Å². The van der Waals surface area contributed by atoms with Gasteiger partial charge in [0.25, 0.3) is 0 Å². The number of carbonyl (C=O) groups is 1. The maximum absolute atomic E-state index is 12.7. The first-order chi connectivity index (χ1) is 12.0. The van der Waals surface area contributed by atoms with Crippen molar-refractivity contribution in [2.45, 2.75) is 19.4 Å². The summed E-state index contributed by atoms with van der Waals surface area (Å²) >= 11 is 0. The minimum atomic E-state index is -1.90. The summed E-state index contributed by atoms with van der Waals surface area (Å²) in [7, 11) is 0. The molecule has 5 nitrogen and oxygen atoms in total. The smallest absolute Gasteiger partial charge is 0.347 e. The molecule has 0 aliphatic rings. The highest BCUT2D eigenvalue weighted by molar-refractivity contribution is 5.85. The molecule has 0 aliphatic carbocycles. The van der Waals surface area contributed by atoms with Crippen molar-refractivity contribution in [1.29, 1.82) is 0 Å². The van der Waals surface area contributed by atoms with E-state index >= 15 is 0 Å². The van der Waals surface area contributed by atoms with Gasteiger partial charge in [0.15, 0.2) is 0 Å². The molecule has 0 bridgehead atoms. The Morgan fingerprint density at radius 2 is 1.44 bits per heavy atom. The van der Waals surface area contributed by atoms with Crippen LogP contribution in [0.5, 0.6) is 0 Å². The lowest BCUT2D eigenvalue weighted by Gasteiger charge is -2.40. The van der Waals surface area contributed by atoms with Crippen LogP contribution in [0.4, 0.5) is 0 Å². The van der Waals surface area contributed by atoms with Crippen LogP contribution < -0.4 is 0 Å². The summed E-state index contributed by atoms with van der Waals surface area (Å²) in [6.07, 6.45) is 0. The van der Waals surface area contributed by atoms with Crippen molar-refractivity contribution in [3.05, 3.63) is 77.0 Å². The summed E-state index contributed by atoms with van der Waals surface area (Å²) in [5.74, 6) is -0.774. The van der Waals surface area contributed by atoms with E-state index in [1.807, 2.05) is 26.0 Å². The van der Waals surface area contributed by atoms with Gasteiger partial charge < -0.3 is 19.7 Å². The summed E-state index contributed by atoms with van der Waals surface area (Å²) in [6, 6.07) is 17.4. The first-order valence-electron chi connectivity index (χ1n) is 8.54. The number of benzene rings is 2. The quantitative estimate of drug-likeness (QED) is 0.455. The van der Waals surface area contributed by atoms with E-state index in [-0.39, 0.29) is 13.2 Å². The molecule has 25 heavy (non-hydrogen) atoms. The van der Waals surface area contributed by atoms with Crippen molar-refractivity contribution >= 4 is 5.97 Å².